The second-order valence-corrected chi connectivity index (χ2v) is 4.57. The van der Waals surface area contributed by atoms with E-state index in [1.54, 1.807) is 25.3 Å². The summed E-state index contributed by atoms with van der Waals surface area (Å²) in [6, 6.07) is 4.91. The predicted molar refractivity (Wildman–Crippen MR) is 80.3 cm³/mol. The fourth-order valence-electron chi connectivity index (χ4n) is 1.87. The molecule has 0 aliphatic carbocycles. The first kappa shape index (κ1) is 16.5. The van der Waals surface area contributed by atoms with Crippen molar-refractivity contribution in [1.29, 1.82) is 0 Å². The molecule has 1 rings (SSSR count). The fourth-order valence-corrected chi connectivity index (χ4v) is 1.87. The minimum absolute atomic E-state index is 0.0252. The molecule has 0 amide bonds. The molecule has 1 aromatic carbocycles. The third kappa shape index (κ3) is 4.83. The zero-order valence-electron chi connectivity index (χ0n) is 12.4. The van der Waals surface area contributed by atoms with Gasteiger partial charge in [0.1, 0.15) is 5.75 Å². The number of Topliss-reactive ketones (excluding diaryl/α,β-unsaturated/α-hetero) is 1. The second kappa shape index (κ2) is 8.55. The molecule has 0 aliphatic rings. The van der Waals surface area contributed by atoms with Crippen LogP contribution in [0.3, 0.4) is 0 Å². The van der Waals surface area contributed by atoms with Crippen LogP contribution in [-0.4, -0.2) is 38.7 Å². The maximum atomic E-state index is 12.2. The Bertz CT molecular complexity index is 435. The Morgan fingerprint density at radius 1 is 1.45 bits per heavy atom. The summed E-state index contributed by atoms with van der Waals surface area (Å²) in [4.78, 5) is 12.2. The number of nitrogen functional groups attached to an aromatic ring is 1. The molecule has 0 saturated heterocycles. The fraction of sp³-hybridized carbons (Fsp3) is 0.533. The quantitative estimate of drug-likeness (QED) is 0.410. The molecule has 112 valence electrons. The standard InChI is InChI=1S/C15H24N2O3/c1-4-20-14-7-6-12(10-13(14)16)15(18)11(2)17-8-5-9-19-3/h6-7,10-11,17H,4-5,8-9,16H2,1-3H3. The highest BCUT2D eigenvalue weighted by Crippen LogP contribution is 2.23. The van der Waals surface area contributed by atoms with Gasteiger partial charge in [0.05, 0.1) is 18.3 Å². The van der Waals surface area contributed by atoms with Crippen LogP contribution < -0.4 is 15.8 Å². The number of ketones is 1. The van der Waals surface area contributed by atoms with Crippen molar-refractivity contribution in [3.8, 4) is 5.75 Å². The number of hydrogen-bond donors (Lipinski definition) is 2. The van der Waals surface area contributed by atoms with Gasteiger partial charge in [-0.15, -0.1) is 0 Å². The normalized spacial score (nSPS) is 12.2. The largest absolute Gasteiger partial charge is 0.492 e. The maximum absolute atomic E-state index is 12.2. The van der Waals surface area contributed by atoms with Gasteiger partial charge in [-0.05, 0) is 45.0 Å². The topological polar surface area (TPSA) is 73.6 Å². The lowest BCUT2D eigenvalue weighted by molar-refractivity contribution is 0.0949. The second-order valence-electron chi connectivity index (χ2n) is 4.57. The zero-order valence-corrected chi connectivity index (χ0v) is 12.4. The highest BCUT2D eigenvalue weighted by atomic mass is 16.5. The smallest absolute Gasteiger partial charge is 0.179 e. The van der Waals surface area contributed by atoms with Gasteiger partial charge in [0.15, 0.2) is 5.78 Å². The molecule has 1 atom stereocenters. The van der Waals surface area contributed by atoms with Crippen molar-refractivity contribution in [3.05, 3.63) is 23.8 Å². The first-order chi connectivity index (χ1) is 9.60. The van der Waals surface area contributed by atoms with E-state index in [9.17, 15) is 4.79 Å². The molecule has 0 radical (unpaired) electrons. The minimum atomic E-state index is -0.246. The van der Waals surface area contributed by atoms with Gasteiger partial charge in [-0.3, -0.25) is 4.79 Å². The molecule has 0 aromatic heterocycles. The van der Waals surface area contributed by atoms with Crippen molar-refractivity contribution in [2.75, 3.05) is 32.6 Å². The molecular weight excluding hydrogens is 256 g/mol. The maximum Gasteiger partial charge on any atom is 0.179 e. The Hall–Kier alpha value is -1.59. The first-order valence-corrected chi connectivity index (χ1v) is 6.89. The Kier molecular flexibility index (Phi) is 7.04. The van der Waals surface area contributed by atoms with E-state index >= 15 is 0 Å². The molecular formula is C15H24N2O3. The van der Waals surface area contributed by atoms with E-state index < -0.39 is 0 Å². The van der Waals surface area contributed by atoms with Crippen LogP contribution in [-0.2, 0) is 4.74 Å². The number of nitrogens with one attached hydrogen (secondary N) is 1. The summed E-state index contributed by atoms with van der Waals surface area (Å²) in [6.45, 7) is 5.72. The number of rotatable bonds is 9. The van der Waals surface area contributed by atoms with Crippen molar-refractivity contribution in [3.63, 3.8) is 0 Å². The van der Waals surface area contributed by atoms with Crippen LogP contribution in [0.4, 0.5) is 5.69 Å². The monoisotopic (exact) mass is 280 g/mol. The van der Waals surface area contributed by atoms with E-state index in [4.69, 9.17) is 15.2 Å². The van der Waals surface area contributed by atoms with E-state index in [2.05, 4.69) is 5.32 Å². The third-order valence-electron chi connectivity index (χ3n) is 2.96. The number of benzene rings is 1. The molecule has 1 unspecified atom stereocenters. The molecule has 0 aliphatic heterocycles. The van der Waals surface area contributed by atoms with Gasteiger partial charge in [-0.2, -0.15) is 0 Å². The Morgan fingerprint density at radius 2 is 2.20 bits per heavy atom. The van der Waals surface area contributed by atoms with Gasteiger partial charge in [0.25, 0.3) is 0 Å². The van der Waals surface area contributed by atoms with E-state index in [1.807, 2.05) is 13.8 Å². The lowest BCUT2D eigenvalue weighted by atomic mass is 10.0. The highest BCUT2D eigenvalue weighted by molar-refractivity contribution is 6.00. The van der Waals surface area contributed by atoms with Crippen LogP contribution in [0, 0.1) is 0 Å². The van der Waals surface area contributed by atoms with Crippen LogP contribution in [0.1, 0.15) is 30.6 Å². The SMILES string of the molecule is CCOc1ccc(C(=O)C(C)NCCCOC)cc1N. The van der Waals surface area contributed by atoms with Crippen LogP contribution >= 0.6 is 0 Å². The third-order valence-corrected chi connectivity index (χ3v) is 2.96. The van der Waals surface area contributed by atoms with Crippen LogP contribution in [0.15, 0.2) is 18.2 Å². The van der Waals surface area contributed by atoms with E-state index in [0.717, 1.165) is 13.0 Å². The summed E-state index contributed by atoms with van der Waals surface area (Å²) in [5.74, 6) is 0.641. The molecule has 0 saturated carbocycles. The van der Waals surface area contributed by atoms with Gasteiger partial charge in [0.2, 0.25) is 0 Å². The molecule has 1 aromatic rings. The summed E-state index contributed by atoms with van der Waals surface area (Å²) in [7, 11) is 1.66. The minimum Gasteiger partial charge on any atom is -0.492 e. The number of hydrogen-bond acceptors (Lipinski definition) is 5. The van der Waals surface area contributed by atoms with Crippen molar-refractivity contribution >= 4 is 11.5 Å². The van der Waals surface area contributed by atoms with Gasteiger partial charge < -0.3 is 20.5 Å². The molecule has 5 nitrogen and oxygen atoms in total. The molecule has 3 N–H and O–H groups in total. The summed E-state index contributed by atoms with van der Waals surface area (Å²) in [5.41, 5.74) is 6.96. The highest BCUT2D eigenvalue weighted by Gasteiger charge is 2.15. The van der Waals surface area contributed by atoms with Gasteiger partial charge in [-0.1, -0.05) is 0 Å². The Morgan fingerprint density at radius 3 is 2.80 bits per heavy atom. The number of methoxy groups -OCH3 is 1. The summed E-state index contributed by atoms with van der Waals surface area (Å²) >= 11 is 0. The van der Waals surface area contributed by atoms with Crippen molar-refractivity contribution in [2.24, 2.45) is 0 Å². The van der Waals surface area contributed by atoms with E-state index in [1.165, 1.54) is 0 Å². The molecule has 5 heteroatoms. The summed E-state index contributed by atoms with van der Waals surface area (Å²) < 4.78 is 10.3. The van der Waals surface area contributed by atoms with Crippen LogP contribution in [0.25, 0.3) is 0 Å². The summed E-state index contributed by atoms with van der Waals surface area (Å²) in [6.07, 6.45) is 0.875. The van der Waals surface area contributed by atoms with Crippen molar-refractivity contribution in [2.45, 2.75) is 26.3 Å². The van der Waals surface area contributed by atoms with Crippen molar-refractivity contribution < 1.29 is 14.3 Å². The number of carbonyl (C=O) groups excluding carboxylic acids is 1. The Labute approximate surface area is 120 Å². The zero-order chi connectivity index (χ0) is 15.0. The van der Waals surface area contributed by atoms with Crippen LogP contribution in [0.5, 0.6) is 5.75 Å². The average molecular weight is 280 g/mol. The number of anilines is 1. The average Bonchev–Trinajstić information content (AvgIpc) is 2.45. The van der Waals surface area contributed by atoms with Gasteiger partial charge in [-0.25, -0.2) is 0 Å². The molecule has 20 heavy (non-hydrogen) atoms. The molecule has 0 heterocycles. The number of ether oxygens (including phenoxy) is 2. The van der Waals surface area contributed by atoms with Crippen LogP contribution in [0.2, 0.25) is 0 Å². The van der Waals surface area contributed by atoms with Crippen molar-refractivity contribution in [1.82, 2.24) is 5.32 Å². The lowest BCUT2D eigenvalue weighted by Crippen LogP contribution is -2.35. The van der Waals surface area contributed by atoms with Gasteiger partial charge >= 0.3 is 0 Å². The summed E-state index contributed by atoms with van der Waals surface area (Å²) in [5, 5.41) is 3.17. The van der Waals surface area contributed by atoms with E-state index in [-0.39, 0.29) is 11.8 Å². The Balaban J connectivity index is 2.60. The van der Waals surface area contributed by atoms with E-state index in [0.29, 0.717) is 30.2 Å². The number of carbonyl (C=O) groups is 1. The first-order valence-electron chi connectivity index (χ1n) is 6.89. The molecule has 0 bridgehead atoms. The molecule has 0 fully saturated rings. The van der Waals surface area contributed by atoms with Gasteiger partial charge in [0, 0.05) is 19.3 Å². The molecule has 0 spiro atoms. The predicted octanol–water partition coefficient (Wildman–Crippen LogP) is 1.86. The lowest BCUT2D eigenvalue weighted by Gasteiger charge is -2.14. The number of nitrogens with two attached hydrogens (primary N) is 1.